The third kappa shape index (κ3) is 5.07. The Hall–Kier alpha value is -1.73. The summed E-state index contributed by atoms with van der Waals surface area (Å²) in [6.07, 6.45) is -5.86. The number of esters is 1. The van der Waals surface area contributed by atoms with Crippen LogP contribution < -0.4 is 0 Å². The summed E-state index contributed by atoms with van der Waals surface area (Å²) in [6.45, 7) is 2.76. The molecule has 0 aromatic rings. The molecule has 0 fully saturated rings. The molecule has 1 amide bonds. The van der Waals surface area contributed by atoms with Crippen molar-refractivity contribution < 1.29 is 32.2 Å². The van der Waals surface area contributed by atoms with E-state index in [0.29, 0.717) is 0 Å². The molecule has 0 aromatic heterocycles. The van der Waals surface area contributed by atoms with Crippen molar-refractivity contribution in [3.8, 4) is 0 Å². The Balaban J connectivity index is 5.13. The zero-order valence-corrected chi connectivity index (χ0v) is 10.2. The highest BCUT2D eigenvalue weighted by Gasteiger charge is 2.39. The maximum atomic E-state index is 12.6. The summed E-state index contributed by atoms with van der Waals surface area (Å²) in [6, 6.07) is 0. The van der Waals surface area contributed by atoms with E-state index in [1.165, 1.54) is 13.8 Å². The fraction of sp³-hybridized carbons (Fsp3) is 0.600. The second-order valence-corrected chi connectivity index (χ2v) is 3.04. The van der Waals surface area contributed by atoms with Gasteiger partial charge < -0.3 is 9.47 Å². The molecule has 0 aliphatic heterocycles. The molecule has 5 nitrogen and oxygen atoms in total. The number of halogens is 3. The number of alkyl halides is 3. The zero-order chi connectivity index (χ0) is 14.3. The van der Waals surface area contributed by atoms with Gasteiger partial charge in [0, 0.05) is 7.05 Å². The Labute approximate surface area is 102 Å². The van der Waals surface area contributed by atoms with Gasteiger partial charge in [0.05, 0.1) is 19.3 Å². The summed E-state index contributed by atoms with van der Waals surface area (Å²) in [7, 11) is 0.858. The molecule has 0 saturated carbocycles. The number of amides is 1. The van der Waals surface area contributed by atoms with Crippen molar-refractivity contribution in [2.24, 2.45) is 0 Å². The Morgan fingerprint density at radius 3 is 2.06 bits per heavy atom. The van der Waals surface area contributed by atoms with Crippen molar-refractivity contribution in [1.82, 2.24) is 4.90 Å². The number of carbonyl (C=O) groups excluding carboxylic acids is 2. The Kier molecular flexibility index (Phi) is 6.21. The summed E-state index contributed by atoms with van der Waals surface area (Å²) in [5, 5.41) is 0. The van der Waals surface area contributed by atoms with E-state index in [4.69, 9.17) is 0 Å². The average Bonchev–Trinajstić information content (AvgIpc) is 2.24. The van der Waals surface area contributed by atoms with Gasteiger partial charge >= 0.3 is 18.2 Å². The lowest BCUT2D eigenvalue weighted by Crippen LogP contribution is -2.34. The summed E-state index contributed by atoms with van der Waals surface area (Å²) in [5.41, 5.74) is -1.44. The van der Waals surface area contributed by atoms with E-state index < -0.39 is 23.9 Å². The van der Waals surface area contributed by atoms with Crippen molar-refractivity contribution >= 4 is 12.1 Å². The molecular formula is C10H14F3NO4. The fourth-order valence-electron chi connectivity index (χ4n) is 0.983. The molecule has 0 bridgehead atoms. The normalized spacial score (nSPS) is 12.0. The highest BCUT2D eigenvalue weighted by molar-refractivity contribution is 5.84. The predicted molar refractivity (Wildman–Crippen MR) is 55.6 cm³/mol. The third-order valence-electron chi connectivity index (χ3n) is 1.73. The van der Waals surface area contributed by atoms with Crippen LogP contribution in [0.25, 0.3) is 0 Å². The molecular weight excluding hydrogens is 255 g/mol. The van der Waals surface area contributed by atoms with Gasteiger partial charge in [0.25, 0.3) is 0 Å². The summed E-state index contributed by atoms with van der Waals surface area (Å²) in [5.74, 6) is -1.18. The topological polar surface area (TPSA) is 55.8 Å². The largest absolute Gasteiger partial charge is 0.463 e. The molecule has 0 rings (SSSR count). The van der Waals surface area contributed by atoms with E-state index >= 15 is 0 Å². The first-order valence-electron chi connectivity index (χ1n) is 5.10. The van der Waals surface area contributed by atoms with Crippen molar-refractivity contribution in [2.75, 3.05) is 20.3 Å². The molecule has 0 heterocycles. The van der Waals surface area contributed by atoms with Crippen molar-refractivity contribution in [2.45, 2.75) is 20.0 Å². The Morgan fingerprint density at radius 1 is 1.17 bits per heavy atom. The number of allylic oxidation sites excluding steroid dienone is 1. The van der Waals surface area contributed by atoms with Crippen LogP contribution in [0.4, 0.5) is 18.0 Å². The number of hydrogen-bond donors (Lipinski definition) is 0. The van der Waals surface area contributed by atoms with Crippen LogP contribution >= 0.6 is 0 Å². The van der Waals surface area contributed by atoms with Gasteiger partial charge in [-0.1, -0.05) is 0 Å². The van der Waals surface area contributed by atoms with E-state index in [9.17, 15) is 22.8 Å². The molecule has 0 spiro atoms. The van der Waals surface area contributed by atoms with Crippen LogP contribution in [0.1, 0.15) is 13.8 Å². The minimum Gasteiger partial charge on any atom is -0.463 e. The second kappa shape index (κ2) is 6.87. The fourth-order valence-corrected chi connectivity index (χ4v) is 0.983. The molecule has 0 aliphatic rings. The molecule has 0 aliphatic carbocycles. The van der Waals surface area contributed by atoms with Gasteiger partial charge in [-0.2, -0.15) is 13.2 Å². The van der Waals surface area contributed by atoms with E-state index in [0.717, 1.165) is 7.05 Å². The summed E-state index contributed by atoms with van der Waals surface area (Å²) < 4.78 is 46.7. The first kappa shape index (κ1) is 16.3. The SMILES string of the molecule is CCOC(=O)C=C(N(C)C(=O)OCC)C(F)(F)F. The van der Waals surface area contributed by atoms with Crippen LogP contribution in [-0.4, -0.2) is 43.4 Å². The van der Waals surface area contributed by atoms with Crippen LogP contribution in [0, 0.1) is 0 Å². The summed E-state index contributed by atoms with van der Waals surface area (Å²) in [4.78, 5) is 22.4. The molecule has 8 heteroatoms. The van der Waals surface area contributed by atoms with E-state index in [2.05, 4.69) is 9.47 Å². The van der Waals surface area contributed by atoms with Gasteiger partial charge in [-0.25, -0.2) is 9.59 Å². The maximum absolute atomic E-state index is 12.6. The van der Waals surface area contributed by atoms with Gasteiger partial charge in [-0.15, -0.1) is 0 Å². The molecule has 0 saturated heterocycles. The van der Waals surface area contributed by atoms with E-state index in [1.54, 1.807) is 0 Å². The second-order valence-electron chi connectivity index (χ2n) is 3.04. The monoisotopic (exact) mass is 269 g/mol. The average molecular weight is 269 g/mol. The molecule has 0 atom stereocenters. The first-order valence-corrected chi connectivity index (χ1v) is 5.10. The molecule has 0 unspecified atom stereocenters. The van der Waals surface area contributed by atoms with E-state index in [1.807, 2.05) is 0 Å². The quantitative estimate of drug-likeness (QED) is 0.579. The minimum absolute atomic E-state index is 0.0659. The lowest BCUT2D eigenvalue weighted by Gasteiger charge is -2.21. The molecule has 0 N–H and O–H groups in total. The molecule has 104 valence electrons. The highest BCUT2D eigenvalue weighted by atomic mass is 19.4. The van der Waals surface area contributed by atoms with Crippen LogP contribution in [-0.2, 0) is 14.3 Å². The number of nitrogens with zero attached hydrogens (tertiary/aromatic N) is 1. The van der Waals surface area contributed by atoms with Crippen LogP contribution in [0.5, 0.6) is 0 Å². The predicted octanol–water partition coefficient (Wildman–Crippen LogP) is 2.08. The standard InChI is InChI=1S/C10H14F3NO4/c1-4-17-8(15)6-7(10(11,12)13)14(3)9(16)18-5-2/h6H,4-5H2,1-3H3. The van der Waals surface area contributed by atoms with Crippen LogP contribution in [0.15, 0.2) is 11.8 Å². The Morgan fingerprint density at radius 2 is 1.67 bits per heavy atom. The van der Waals surface area contributed by atoms with Gasteiger partial charge in [0.15, 0.2) is 0 Å². The number of ether oxygens (including phenoxy) is 2. The first-order chi connectivity index (χ1) is 8.23. The highest BCUT2D eigenvalue weighted by Crippen LogP contribution is 2.28. The van der Waals surface area contributed by atoms with Gasteiger partial charge in [0.1, 0.15) is 5.70 Å². The van der Waals surface area contributed by atoms with Crippen LogP contribution in [0.2, 0.25) is 0 Å². The smallest absolute Gasteiger partial charge is 0.431 e. The van der Waals surface area contributed by atoms with Gasteiger partial charge in [-0.05, 0) is 13.8 Å². The van der Waals surface area contributed by atoms with Crippen molar-refractivity contribution in [3.05, 3.63) is 11.8 Å². The maximum Gasteiger partial charge on any atom is 0.431 e. The molecule has 0 aromatic carbocycles. The van der Waals surface area contributed by atoms with E-state index in [-0.39, 0.29) is 24.2 Å². The van der Waals surface area contributed by atoms with Gasteiger partial charge in [0.2, 0.25) is 0 Å². The number of hydrogen-bond acceptors (Lipinski definition) is 4. The van der Waals surface area contributed by atoms with Gasteiger partial charge in [-0.3, -0.25) is 4.90 Å². The third-order valence-corrected chi connectivity index (χ3v) is 1.73. The number of carbonyl (C=O) groups is 2. The summed E-state index contributed by atoms with van der Waals surface area (Å²) >= 11 is 0. The zero-order valence-electron chi connectivity index (χ0n) is 10.2. The van der Waals surface area contributed by atoms with Crippen molar-refractivity contribution in [3.63, 3.8) is 0 Å². The van der Waals surface area contributed by atoms with Crippen molar-refractivity contribution in [1.29, 1.82) is 0 Å². The Bertz CT molecular complexity index is 339. The lowest BCUT2D eigenvalue weighted by molar-refractivity contribution is -0.139. The lowest BCUT2D eigenvalue weighted by atomic mass is 10.3. The van der Waals surface area contributed by atoms with Crippen LogP contribution in [0.3, 0.4) is 0 Å². The minimum atomic E-state index is -4.87. The number of rotatable bonds is 4. The molecule has 18 heavy (non-hydrogen) atoms. The molecule has 0 radical (unpaired) electrons.